The standard InChI is InChI=1S/C21H25N5O4S.W.Y/c1-12(27)16-21(2,3)31-19-15(18(29)26(16)19)23-17(28)14(13-7-5-4-6-8-13)24-20(30)25-10-9-22-11-25;;/h4-8,14-16,19H,1,9-11H2,2-3H3,(H,23,28)(H,24,30);;/q-2;;. The maximum absolute atomic E-state index is 13.2. The molecule has 4 atom stereocenters. The number of amides is 4. The van der Waals surface area contributed by atoms with Crippen molar-refractivity contribution in [1.29, 1.82) is 0 Å². The summed E-state index contributed by atoms with van der Waals surface area (Å²) in [4.78, 5) is 53.6. The molecule has 12 heteroatoms. The van der Waals surface area contributed by atoms with Crippen LogP contribution < -0.4 is 10.6 Å². The molecule has 4 unspecified atom stereocenters. The van der Waals surface area contributed by atoms with Gasteiger partial charge >= 0.3 is 6.03 Å². The molecule has 0 aromatic heterocycles. The van der Waals surface area contributed by atoms with E-state index in [0.717, 1.165) is 0 Å². The molecule has 0 saturated carbocycles. The zero-order valence-electron chi connectivity index (χ0n) is 18.4. The molecule has 3 aliphatic heterocycles. The molecule has 0 aliphatic carbocycles. The third kappa shape index (κ3) is 5.50. The first kappa shape index (κ1) is 28.3. The number of rotatable bonds is 5. The van der Waals surface area contributed by atoms with Crippen LogP contribution in [-0.4, -0.2) is 75.4 Å². The Morgan fingerprint density at radius 1 is 1.24 bits per heavy atom. The number of fused-ring (bicyclic) bond motifs is 1. The molecule has 3 aliphatic rings. The molecule has 0 bridgehead atoms. The summed E-state index contributed by atoms with van der Waals surface area (Å²) in [5.41, 5.74) is 0.610. The second kappa shape index (κ2) is 11.2. The minimum atomic E-state index is -0.958. The van der Waals surface area contributed by atoms with Crippen molar-refractivity contribution in [3.05, 3.63) is 48.1 Å². The fourth-order valence-corrected chi connectivity index (χ4v) is 5.94. The van der Waals surface area contributed by atoms with E-state index < -0.39 is 28.8 Å². The summed E-state index contributed by atoms with van der Waals surface area (Å²) >= 11 is 1.47. The number of urea groups is 1. The summed E-state index contributed by atoms with van der Waals surface area (Å²) in [6.45, 7) is 8.65. The first-order valence-corrected chi connectivity index (χ1v) is 11.0. The van der Waals surface area contributed by atoms with E-state index >= 15 is 0 Å². The zero-order chi connectivity index (χ0) is 22.3. The summed E-state index contributed by atoms with van der Waals surface area (Å²) in [5, 5.41) is 9.36. The van der Waals surface area contributed by atoms with Crippen LogP contribution in [0, 0.1) is 6.92 Å². The zero-order valence-corrected chi connectivity index (χ0v) is 25.0. The van der Waals surface area contributed by atoms with Crippen molar-refractivity contribution < 1.29 is 73.0 Å². The van der Waals surface area contributed by atoms with Crippen LogP contribution in [0.4, 0.5) is 4.79 Å². The van der Waals surface area contributed by atoms with Gasteiger partial charge in [0.05, 0.1) is 6.04 Å². The van der Waals surface area contributed by atoms with Gasteiger partial charge in [-0.1, -0.05) is 37.0 Å². The number of nitrogens with one attached hydrogen (secondary N) is 2. The molecule has 2 N–H and O–H groups in total. The van der Waals surface area contributed by atoms with Crippen LogP contribution in [0.5, 0.6) is 0 Å². The average Bonchev–Trinajstić information content (AvgIpc) is 3.35. The number of benzene rings is 1. The van der Waals surface area contributed by atoms with Crippen LogP contribution in [0.15, 0.2) is 30.3 Å². The normalized spacial score (nSPS) is 25.6. The average molecular weight is 716 g/mol. The monoisotopic (exact) mass is 716 g/mol. The second-order valence-corrected chi connectivity index (χ2v) is 10.1. The first-order chi connectivity index (χ1) is 14.7. The molecule has 4 rings (SSSR count). The topological polar surface area (TPSA) is 113 Å². The van der Waals surface area contributed by atoms with E-state index in [2.05, 4.69) is 22.9 Å². The SMILES string of the molecule is [CH2-]C(=O)C1N2C(=O)C(NC(=O)C(NC(=O)N3CC[N-]C3)c3ccccc3)C2SC1(C)C.[W].[Y]. The molecular weight excluding hydrogens is 691 g/mol. The first-order valence-electron chi connectivity index (χ1n) is 10.1. The van der Waals surface area contributed by atoms with Crippen LogP contribution in [-0.2, 0) is 68.2 Å². The number of carbonyl (C=O) groups is 4. The Labute approximate surface area is 237 Å². The molecule has 3 heterocycles. The van der Waals surface area contributed by atoms with Crippen LogP contribution >= 0.6 is 11.8 Å². The molecule has 0 spiro atoms. The van der Waals surface area contributed by atoms with E-state index in [1.54, 1.807) is 24.3 Å². The quantitative estimate of drug-likeness (QED) is 0.350. The molecule has 1 aromatic rings. The van der Waals surface area contributed by atoms with Gasteiger partial charge in [0.1, 0.15) is 17.5 Å². The largest absolute Gasteiger partial charge is 0.644 e. The number of ketones is 1. The van der Waals surface area contributed by atoms with Crippen molar-refractivity contribution in [2.75, 3.05) is 19.8 Å². The molecule has 175 valence electrons. The van der Waals surface area contributed by atoms with Crippen molar-refractivity contribution in [3.8, 4) is 0 Å². The summed E-state index contributed by atoms with van der Waals surface area (Å²) in [6, 6.07) is 6.16. The summed E-state index contributed by atoms with van der Waals surface area (Å²) in [7, 11) is 0. The van der Waals surface area contributed by atoms with Crippen molar-refractivity contribution in [2.24, 2.45) is 0 Å². The van der Waals surface area contributed by atoms with Crippen molar-refractivity contribution >= 4 is 35.4 Å². The Morgan fingerprint density at radius 3 is 2.48 bits per heavy atom. The molecule has 3 fully saturated rings. The Hall–Kier alpha value is -0.928. The molecule has 1 radical (unpaired) electrons. The fourth-order valence-electron chi connectivity index (χ4n) is 4.29. The molecule has 33 heavy (non-hydrogen) atoms. The van der Waals surface area contributed by atoms with E-state index in [1.807, 2.05) is 19.9 Å². The number of Topliss-reactive ketones (excluding diaryl/α,β-unsaturated/α-hetero) is 1. The predicted octanol–water partition coefficient (Wildman–Crippen LogP) is 1.03. The van der Waals surface area contributed by atoms with E-state index in [0.29, 0.717) is 25.3 Å². The maximum atomic E-state index is 13.2. The van der Waals surface area contributed by atoms with E-state index in [9.17, 15) is 19.2 Å². The van der Waals surface area contributed by atoms with Gasteiger partial charge in [-0.2, -0.15) is 0 Å². The molecule has 1 aromatic carbocycles. The van der Waals surface area contributed by atoms with Crippen LogP contribution in [0.3, 0.4) is 0 Å². The van der Waals surface area contributed by atoms with Crippen molar-refractivity contribution in [1.82, 2.24) is 20.4 Å². The van der Waals surface area contributed by atoms with Gasteiger partial charge in [-0.05, 0) is 19.4 Å². The van der Waals surface area contributed by atoms with Crippen LogP contribution in [0.25, 0.3) is 5.32 Å². The second-order valence-electron chi connectivity index (χ2n) is 8.36. The van der Waals surface area contributed by atoms with Gasteiger partial charge < -0.3 is 37.5 Å². The van der Waals surface area contributed by atoms with Crippen LogP contribution in [0.2, 0.25) is 0 Å². The number of carbonyl (C=O) groups excluding carboxylic acids is 4. The fraction of sp³-hybridized carbons (Fsp3) is 0.476. The maximum Gasteiger partial charge on any atom is 0.316 e. The van der Waals surface area contributed by atoms with Crippen molar-refractivity contribution in [3.63, 3.8) is 0 Å². The third-order valence-electron chi connectivity index (χ3n) is 5.79. The van der Waals surface area contributed by atoms with Gasteiger partial charge in [0.15, 0.2) is 0 Å². The van der Waals surface area contributed by atoms with Gasteiger partial charge in [-0.25, -0.2) is 4.79 Å². The van der Waals surface area contributed by atoms with Gasteiger partial charge in [0.25, 0.3) is 0 Å². The van der Waals surface area contributed by atoms with Gasteiger partial charge in [-0.15, -0.1) is 18.3 Å². The van der Waals surface area contributed by atoms with E-state index in [4.69, 9.17) is 0 Å². The Bertz CT molecular complexity index is 915. The summed E-state index contributed by atoms with van der Waals surface area (Å²) in [5.74, 6) is -1.10. The summed E-state index contributed by atoms with van der Waals surface area (Å²) in [6.07, 6.45) is 0. The number of hydrogen-bond acceptors (Lipinski definition) is 5. The molecular formula is C21H25N5O4SWY-2. The minimum absolute atomic E-state index is 0. The molecule has 4 amide bonds. The van der Waals surface area contributed by atoms with Gasteiger partial charge in [0.2, 0.25) is 11.8 Å². The van der Waals surface area contributed by atoms with E-state index in [1.165, 1.54) is 21.6 Å². The number of nitrogens with zero attached hydrogens (tertiary/aromatic N) is 3. The summed E-state index contributed by atoms with van der Waals surface area (Å²) < 4.78 is -0.495. The molecule has 3 saturated heterocycles. The van der Waals surface area contributed by atoms with E-state index in [-0.39, 0.29) is 76.9 Å². The predicted molar refractivity (Wildman–Crippen MR) is 116 cm³/mol. The smallest absolute Gasteiger partial charge is 0.316 e. The van der Waals surface area contributed by atoms with Gasteiger partial charge in [0, 0.05) is 70.8 Å². The molecule has 9 nitrogen and oxygen atoms in total. The Balaban J connectivity index is 0.00000193. The van der Waals surface area contributed by atoms with Crippen LogP contribution in [0.1, 0.15) is 25.5 Å². The Morgan fingerprint density at radius 2 is 1.91 bits per heavy atom. The number of β-lactam (4-membered cyclic amide) rings is 1. The third-order valence-corrected chi connectivity index (χ3v) is 7.36. The minimum Gasteiger partial charge on any atom is -0.644 e. The van der Waals surface area contributed by atoms with Gasteiger partial charge in [-0.3, -0.25) is 9.59 Å². The number of hydrogen-bond donors (Lipinski definition) is 2. The van der Waals surface area contributed by atoms with Crippen molar-refractivity contribution in [2.45, 2.75) is 42.1 Å². The Kier molecular flexibility index (Phi) is 9.61. The number of thioether (sulfide) groups is 1.